The van der Waals surface area contributed by atoms with Gasteiger partial charge in [0.2, 0.25) is 0 Å². The van der Waals surface area contributed by atoms with Crippen LogP contribution in [0.1, 0.15) is 33.2 Å². The summed E-state index contributed by atoms with van der Waals surface area (Å²) >= 11 is 6.39. The molecule has 7 heteroatoms. The van der Waals surface area contributed by atoms with E-state index in [1.165, 1.54) is 13.1 Å². The Morgan fingerprint density at radius 1 is 1.11 bits per heavy atom. The average molecular weight is 385 g/mol. The molecule has 0 aliphatic carbocycles. The second-order valence-electron chi connectivity index (χ2n) is 5.99. The molecule has 5 nitrogen and oxygen atoms in total. The first-order chi connectivity index (χ1) is 13.0. The standard InChI is InChI=1S/C20H18ClFN4O/c1-12-11-13(7-8-16(12)22)19(14-5-3-4-6-15(14)21)24-18-10-9-17(25-26-18)20(27)23-2/h3-11,19H,1-2H3,(H,23,27)(H,24,26). The predicted molar refractivity (Wildman–Crippen MR) is 103 cm³/mol. The average Bonchev–Trinajstić information content (AvgIpc) is 2.69. The number of nitrogens with zero attached hydrogens (tertiary/aromatic N) is 2. The van der Waals surface area contributed by atoms with E-state index in [1.54, 1.807) is 37.3 Å². The number of halogens is 2. The van der Waals surface area contributed by atoms with E-state index in [2.05, 4.69) is 20.8 Å². The monoisotopic (exact) mass is 384 g/mol. The molecule has 2 N–H and O–H groups in total. The molecule has 0 radical (unpaired) electrons. The third-order valence-corrected chi connectivity index (χ3v) is 4.49. The lowest BCUT2D eigenvalue weighted by Gasteiger charge is -2.22. The maximum Gasteiger partial charge on any atom is 0.271 e. The van der Waals surface area contributed by atoms with Crippen molar-refractivity contribution in [3.63, 3.8) is 0 Å². The van der Waals surface area contributed by atoms with Crippen LogP contribution in [0.3, 0.4) is 0 Å². The van der Waals surface area contributed by atoms with Crippen molar-refractivity contribution >= 4 is 23.3 Å². The lowest BCUT2D eigenvalue weighted by atomic mass is 9.97. The molecule has 0 saturated heterocycles. The van der Waals surface area contributed by atoms with E-state index in [-0.39, 0.29) is 23.5 Å². The van der Waals surface area contributed by atoms with Crippen LogP contribution in [0.5, 0.6) is 0 Å². The smallest absolute Gasteiger partial charge is 0.271 e. The lowest BCUT2D eigenvalue weighted by Crippen LogP contribution is -2.20. The van der Waals surface area contributed by atoms with Crippen LogP contribution in [0.4, 0.5) is 10.2 Å². The topological polar surface area (TPSA) is 66.9 Å². The van der Waals surface area contributed by atoms with E-state index < -0.39 is 0 Å². The first kappa shape index (κ1) is 18.8. The summed E-state index contributed by atoms with van der Waals surface area (Å²) in [5.41, 5.74) is 2.41. The Labute approximate surface area is 161 Å². The van der Waals surface area contributed by atoms with Gasteiger partial charge in [0.1, 0.15) is 11.6 Å². The molecule has 0 aliphatic heterocycles. The Morgan fingerprint density at radius 2 is 1.89 bits per heavy atom. The summed E-state index contributed by atoms with van der Waals surface area (Å²) in [5.74, 6) is -0.119. The van der Waals surface area contributed by atoms with E-state index in [4.69, 9.17) is 11.6 Å². The number of aromatic nitrogens is 2. The number of hydrogen-bond acceptors (Lipinski definition) is 4. The first-order valence-corrected chi connectivity index (χ1v) is 8.70. The molecule has 1 unspecified atom stereocenters. The molecule has 2 aromatic carbocycles. The van der Waals surface area contributed by atoms with Crippen LogP contribution in [-0.2, 0) is 0 Å². The lowest BCUT2D eigenvalue weighted by molar-refractivity contribution is 0.0957. The summed E-state index contributed by atoms with van der Waals surface area (Å²) in [6.07, 6.45) is 0. The molecular formula is C20H18ClFN4O. The zero-order chi connectivity index (χ0) is 19.4. The quantitative estimate of drug-likeness (QED) is 0.693. The number of aryl methyl sites for hydroxylation is 1. The molecule has 1 amide bonds. The van der Waals surface area contributed by atoms with E-state index >= 15 is 0 Å². The molecule has 27 heavy (non-hydrogen) atoms. The van der Waals surface area contributed by atoms with Crippen molar-refractivity contribution in [2.45, 2.75) is 13.0 Å². The van der Waals surface area contributed by atoms with Crippen molar-refractivity contribution in [1.82, 2.24) is 15.5 Å². The number of nitrogens with one attached hydrogen (secondary N) is 2. The maximum absolute atomic E-state index is 13.7. The Balaban J connectivity index is 1.98. The van der Waals surface area contributed by atoms with Gasteiger partial charge in [0, 0.05) is 12.1 Å². The minimum atomic E-state index is -0.363. The van der Waals surface area contributed by atoms with Crippen LogP contribution in [-0.4, -0.2) is 23.2 Å². The first-order valence-electron chi connectivity index (χ1n) is 8.32. The van der Waals surface area contributed by atoms with Gasteiger partial charge in [-0.2, -0.15) is 0 Å². The summed E-state index contributed by atoms with van der Waals surface area (Å²) in [6.45, 7) is 1.71. The third kappa shape index (κ3) is 4.23. The Kier molecular flexibility index (Phi) is 5.66. The molecular weight excluding hydrogens is 367 g/mol. The summed E-state index contributed by atoms with van der Waals surface area (Å²) in [4.78, 5) is 11.6. The SMILES string of the molecule is CNC(=O)c1ccc(NC(c2ccc(F)c(C)c2)c2ccccc2Cl)nn1. The van der Waals surface area contributed by atoms with Crippen molar-refractivity contribution in [2.24, 2.45) is 0 Å². The van der Waals surface area contributed by atoms with Crippen molar-refractivity contribution in [3.8, 4) is 0 Å². The summed E-state index contributed by atoms with van der Waals surface area (Å²) in [6, 6.07) is 15.2. The van der Waals surface area contributed by atoms with Crippen LogP contribution in [0, 0.1) is 12.7 Å². The number of hydrogen-bond donors (Lipinski definition) is 2. The summed E-state index contributed by atoms with van der Waals surface area (Å²) in [5, 5.41) is 14.3. The van der Waals surface area contributed by atoms with Gasteiger partial charge in [-0.1, -0.05) is 41.9 Å². The van der Waals surface area contributed by atoms with E-state index in [9.17, 15) is 9.18 Å². The molecule has 3 aromatic rings. The van der Waals surface area contributed by atoms with E-state index in [1.807, 2.05) is 18.2 Å². The van der Waals surface area contributed by atoms with Crippen LogP contribution in [0.25, 0.3) is 0 Å². The van der Waals surface area contributed by atoms with Crippen molar-refractivity contribution in [1.29, 1.82) is 0 Å². The minimum Gasteiger partial charge on any atom is -0.358 e. The second-order valence-corrected chi connectivity index (χ2v) is 6.40. The number of carbonyl (C=O) groups is 1. The van der Waals surface area contributed by atoms with Crippen LogP contribution < -0.4 is 10.6 Å². The largest absolute Gasteiger partial charge is 0.358 e. The molecule has 0 spiro atoms. The molecule has 1 heterocycles. The molecule has 0 saturated carbocycles. The van der Waals surface area contributed by atoms with Crippen molar-refractivity contribution < 1.29 is 9.18 Å². The van der Waals surface area contributed by atoms with Gasteiger partial charge in [-0.25, -0.2) is 4.39 Å². The number of benzene rings is 2. The van der Waals surface area contributed by atoms with Gasteiger partial charge in [-0.15, -0.1) is 10.2 Å². The highest BCUT2D eigenvalue weighted by molar-refractivity contribution is 6.31. The molecule has 1 aromatic heterocycles. The highest BCUT2D eigenvalue weighted by atomic mass is 35.5. The molecule has 3 rings (SSSR count). The van der Waals surface area contributed by atoms with Gasteiger partial charge in [-0.3, -0.25) is 4.79 Å². The number of amides is 1. The van der Waals surface area contributed by atoms with E-state index in [0.717, 1.165) is 11.1 Å². The third-order valence-electron chi connectivity index (χ3n) is 4.15. The summed E-state index contributed by atoms with van der Waals surface area (Å²) < 4.78 is 13.7. The zero-order valence-corrected chi connectivity index (χ0v) is 15.6. The Hall–Kier alpha value is -2.99. The highest BCUT2D eigenvalue weighted by Gasteiger charge is 2.19. The van der Waals surface area contributed by atoms with Crippen molar-refractivity contribution in [2.75, 3.05) is 12.4 Å². The van der Waals surface area contributed by atoms with Gasteiger partial charge < -0.3 is 10.6 Å². The fourth-order valence-corrected chi connectivity index (χ4v) is 2.95. The fourth-order valence-electron chi connectivity index (χ4n) is 2.70. The van der Waals surface area contributed by atoms with Crippen LogP contribution in [0.15, 0.2) is 54.6 Å². The predicted octanol–water partition coefficient (Wildman–Crippen LogP) is 4.14. The van der Waals surface area contributed by atoms with Gasteiger partial charge in [-0.05, 0) is 47.9 Å². The van der Waals surface area contributed by atoms with Gasteiger partial charge in [0.05, 0.1) is 6.04 Å². The van der Waals surface area contributed by atoms with Crippen molar-refractivity contribution in [3.05, 3.63) is 87.8 Å². The van der Waals surface area contributed by atoms with E-state index in [0.29, 0.717) is 16.4 Å². The Bertz CT molecular complexity index is 962. The van der Waals surface area contributed by atoms with Gasteiger partial charge >= 0.3 is 0 Å². The molecule has 0 aliphatic rings. The zero-order valence-electron chi connectivity index (χ0n) is 14.8. The molecule has 0 fully saturated rings. The summed E-state index contributed by atoms with van der Waals surface area (Å²) in [7, 11) is 1.53. The fraction of sp³-hybridized carbons (Fsp3) is 0.150. The Morgan fingerprint density at radius 3 is 2.52 bits per heavy atom. The maximum atomic E-state index is 13.7. The van der Waals surface area contributed by atoms with Crippen LogP contribution >= 0.6 is 11.6 Å². The molecule has 1 atom stereocenters. The number of carbonyl (C=O) groups excluding carboxylic acids is 1. The van der Waals surface area contributed by atoms with Gasteiger partial charge in [0.25, 0.3) is 5.91 Å². The number of rotatable bonds is 5. The minimum absolute atomic E-state index is 0.218. The molecule has 0 bridgehead atoms. The van der Waals surface area contributed by atoms with Gasteiger partial charge in [0.15, 0.2) is 5.69 Å². The number of anilines is 1. The normalized spacial score (nSPS) is 11.7. The second kappa shape index (κ2) is 8.14. The molecule has 138 valence electrons. The van der Waals surface area contributed by atoms with Crippen LogP contribution in [0.2, 0.25) is 5.02 Å². The highest BCUT2D eigenvalue weighted by Crippen LogP contribution is 2.31.